The number of carboxylic acids is 1. The Balaban J connectivity index is 1.26. The number of nitrogens with zero attached hydrogens (tertiary/aromatic N) is 3. The van der Waals surface area contributed by atoms with E-state index in [2.05, 4.69) is 19.9 Å². The second-order valence-electron chi connectivity index (χ2n) is 8.55. The average molecular weight is 481 g/mol. The van der Waals surface area contributed by atoms with Crippen LogP contribution in [0.1, 0.15) is 32.1 Å². The van der Waals surface area contributed by atoms with Crippen LogP contribution < -0.4 is 4.74 Å². The van der Waals surface area contributed by atoms with E-state index in [9.17, 15) is 9.18 Å². The highest BCUT2D eigenvalue weighted by Gasteiger charge is 2.24. The molecular formula is C25H22ClFN4O3. The van der Waals surface area contributed by atoms with Crippen molar-refractivity contribution in [3.63, 3.8) is 0 Å². The lowest BCUT2D eigenvalue weighted by Crippen LogP contribution is -2.25. The Kier molecular flexibility index (Phi) is 6.15. The highest BCUT2D eigenvalue weighted by atomic mass is 35.5. The fourth-order valence-electron chi connectivity index (χ4n) is 4.37. The molecule has 1 fully saturated rings. The monoisotopic (exact) mass is 480 g/mol. The van der Waals surface area contributed by atoms with Gasteiger partial charge in [-0.05, 0) is 67.5 Å². The van der Waals surface area contributed by atoms with Gasteiger partial charge in [0.15, 0.2) is 0 Å². The van der Waals surface area contributed by atoms with E-state index in [0.717, 1.165) is 31.2 Å². The minimum Gasteiger partial charge on any atom is -0.481 e. The summed E-state index contributed by atoms with van der Waals surface area (Å²) < 4.78 is 20.8. The molecule has 0 spiro atoms. The molecule has 7 nitrogen and oxygen atoms in total. The van der Waals surface area contributed by atoms with Crippen molar-refractivity contribution in [2.75, 3.05) is 0 Å². The lowest BCUT2D eigenvalue weighted by Gasteiger charge is -2.27. The fourth-order valence-corrected chi connectivity index (χ4v) is 4.54. The van der Waals surface area contributed by atoms with Crippen LogP contribution in [-0.4, -0.2) is 37.1 Å². The first-order chi connectivity index (χ1) is 16.4. The number of hydrogen-bond acceptors (Lipinski definition) is 5. The fraction of sp³-hybridized carbons (Fsp3) is 0.280. The highest BCUT2D eigenvalue weighted by molar-refractivity contribution is 6.31. The third-order valence-corrected chi connectivity index (χ3v) is 6.39. The number of fused-ring (bicyclic) bond motifs is 1. The lowest BCUT2D eigenvalue weighted by molar-refractivity contribution is -0.138. The summed E-state index contributed by atoms with van der Waals surface area (Å²) in [5.41, 5.74) is 3.11. The smallest absolute Gasteiger partial charge is 0.316 e. The minimum atomic E-state index is -0.754. The van der Waals surface area contributed by atoms with Gasteiger partial charge < -0.3 is 14.8 Å². The SMILES string of the molecule is O=C(O)CC1CCC(Oc2ncc(-c3ccc(-c4nc5ccc(Cl)cc5[nH]4)c(F)c3)cn2)CC1. The number of rotatable bonds is 6. The van der Waals surface area contributed by atoms with Crippen LogP contribution in [0.15, 0.2) is 48.8 Å². The number of halogens is 2. The van der Waals surface area contributed by atoms with Crippen LogP contribution in [0.25, 0.3) is 33.5 Å². The second-order valence-corrected chi connectivity index (χ2v) is 8.99. The number of carboxylic acid groups (broad SMARTS) is 1. The Hall–Kier alpha value is -3.52. The van der Waals surface area contributed by atoms with Crippen molar-refractivity contribution in [1.29, 1.82) is 0 Å². The molecule has 1 saturated carbocycles. The van der Waals surface area contributed by atoms with Gasteiger partial charge in [-0.15, -0.1) is 0 Å². The maximum atomic E-state index is 14.9. The molecule has 1 aliphatic carbocycles. The Labute approximate surface area is 200 Å². The summed E-state index contributed by atoms with van der Waals surface area (Å²) in [6.45, 7) is 0. The number of benzene rings is 2. The van der Waals surface area contributed by atoms with Gasteiger partial charge in [-0.2, -0.15) is 0 Å². The highest BCUT2D eigenvalue weighted by Crippen LogP contribution is 2.30. The summed E-state index contributed by atoms with van der Waals surface area (Å²) in [6, 6.07) is 10.4. The number of nitrogens with one attached hydrogen (secondary N) is 1. The Morgan fingerprint density at radius 3 is 2.56 bits per heavy atom. The van der Waals surface area contributed by atoms with Crippen LogP contribution in [0.2, 0.25) is 5.02 Å². The maximum Gasteiger partial charge on any atom is 0.316 e. The summed E-state index contributed by atoms with van der Waals surface area (Å²) in [4.78, 5) is 27.0. The van der Waals surface area contributed by atoms with E-state index in [1.165, 1.54) is 6.07 Å². The lowest BCUT2D eigenvalue weighted by atomic mass is 9.85. The van der Waals surface area contributed by atoms with Crippen LogP contribution >= 0.6 is 11.6 Å². The largest absolute Gasteiger partial charge is 0.481 e. The van der Waals surface area contributed by atoms with Crippen molar-refractivity contribution in [3.05, 3.63) is 59.6 Å². The predicted octanol–water partition coefficient (Wildman–Crippen LogP) is 5.89. The molecule has 2 N–H and O–H groups in total. The molecule has 0 unspecified atom stereocenters. The van der Waals surface area contributed by atoms with Crippen LogP contribution in [0.4, 0.5) is 4.39 Å². The molecule has 2 aromatic heterocycles. The van der Waals surface area contributed by atoms with Crippen LogP contribution in [0.3, 0.4) is 0 Å². The third kappa shape index (κ3) is 4.87. The van der Waals surface area contributed by atoms with Crippen LogP contribution in [-0.2, 0) is 4.79 Å². The van der Waals surface area contributed by atoms with Crippen molar-refractivity contribution in [2.24, 2.45) is 5.92 Å². The molecule has 1 aliphatic rings. The summed E-state index contributed by atoms with van der Waals surface area (Å²) in [5, 5.41) is 9.51. The van der Waals surface area contributed by atoms with Gasteiger partial charge in [0.05, 0.1) is 16.6 Å². The maximum absolute atomic E-state index is 14.9. The summed E-state index contributed by atoms with van der Waals surface area (Å²) in [5.74, 6) is -0.536. The predicted molar refractivity (Wildman–Crippen MR) is 126 cm³/mol. The molecule has 34 heavy (non-hydrogen) atoms. The Morgan fingerprint density at radius 2 is 1.85 bits per heavy atom. The zero-order chi connectivity index (χ0) is 23.7. The first kappa shape index (κ1) is 22.3. The van der Waals surface area contributed by atoms with Gasteiger partial charge in [-0.3, -0.25) is 4.79 Å². The number of imidazole rings is 1. The van der Waals surface area contributed by atoms with Gasteiger partial charge in [-0.25, -0.2) is 19.3 Å². The zero-order valence-corrected chi connectivity index (χ0v) is 18.9. The van der Waals surface area contributed by atoms with Gasteiger partial charge in [0, 0.05) is 29.4 Å². The minimum absolute atomic E-state index is 0.0219. The van der Waals surface area contributed by atoms with E-state index < -0.39 is 11.8 Å². The molecule has 5 rings (SSSR count). The van der Waals surface area contributed by atoms with E-state index >= 15 is 0 Å². The molecule has 0 atom stereocenters. The van der Waals surface area contributed by atoms with Crippen molar-refractivity contribution in [2.45, 2.75) is 38.2 Å². The standard InChI is InChI=1S/C25H22ClFN4O3/c26-17-4-8-21-22(11-17)31-24(30-21)19-7-3-15(10-20(19)27)16-12-28-25(29-13-16)34-18-5-1-14(2-6-18)9-23(32)33/h3-4,7-8,10-14,18H,1-2,5-6,9H2,(H,30,31)(H,32,33). The molecule has 174 valence electrons. The zero-order valence-electron chi connectivity index (χ0n) is 18.2. The van der Waals surface area contributed by atoms with E-state index in [0.29, 0.717) is 33.1 Å². The first-order valence-electron chi connectivity index (χ1n) is 11.1. The van der Waals surface area contributed by atoms with Crippen molar-refractivity contribution >= 4 is 28.6 Å². The summed E-state index contributed by atoms with van der Waals surface area (Å²) >= 11 is 6.02. The third-order valence-electron chi connectivity index (χ3n) is 6.16. The molecule has 4 aromatic rings. The molecular weight excluding hydrogens is 459 g/mol. The number of aromatic amines is 1. The second kappa shape index (κ2) is 9.38. The normalized spacial score (nSPS) is 18.2. The van der Waals surface area contributed by atoms with Gasteiger partial charge in [-0.1, -0.05) is 17.7 Å². The number of ether oxygens (including phenoxy) is 1. The molecule has 9 heteroatoms. The van der Waals surface area contributed by atoms with E-state index in [4.69, 9.17) is 21.4 Å². The van der Waals surface area contributed by atoms with Gasteiger partial charge >= 0.3 is 12.0 Å². The molecule has 2 heterocycles. The molecule has 0 aliphatic heterocycles. The molecule has 0 saturated heterocycles. The van der Waals surface area contributed by atoms with E-state index in [1.54, 1.807) is 42.7 Å². The molecule has 0 radical (unpaired) electrons. The van der Waals surface area contributed by atoms with Crippen molar-refractivity contribution in [3.8, 4) is 28.5 Å². The first-order valence-corrected chi connectivity index (χ1v) is 11.5. The number of aromatic nitrogens is 4. The Morgan fingerprint density at radius 1 is 1.09 bits per heavy atom. The molecule has 2 aromatic carbocycles. The number of hydrogen-bond donors (Lipinski definition) is 2. The van der Waals surface area contributed by atoms with Gasteiger partial charge in [0.2, 0.25) is 0 Å². The van der Waals surface area contributed by atoms with Crippen molar-refractivity contribution < 1.29 is 19.0 Å². The summed E-state index contributed by atoms with van der Waals surface area (Å²) in [6.07, 6.45) is 6.60. The van der Waals surface area contributed by atoms with Crippen LogP contribution in [0.5, 0.6) is 6.01 Å². The number of aliphatic carboxylic acids is 1. The Bertz CT molecular complexity index is 1330. The van der Waals surface area contributed by atoms with E-state index in [1.807, 2.05) is 0 Å². The number of carbonyl (C=O) groups is 1. The number of H-pyrrole nitrogens is 1. The van der Waals surface area contributed by atoms with E-state index in [-0.39, 0.29) is 24.5 Å². The van der Waals surface area contributed by atoms with Gasteiger partial charge in [0.25, 0.3) is 0 Å². The average Bonchev–Trinajstić information content (AvgIpc) is 3.23. The quantitative estimate of drug-likeness (QED) is 0.356. The summed E-state index contributed by atoms with van der Waals surface area (Å²) in [7, 11) is 0. The van der Waals surface area contributed by atoms with Gasteiger partial charge in [0.1, 0.15) is 17.7 Å². The molecule has 0 amide bonds. The van der Waals surface area contributed by atoms with Crippen molar-refractivity contribution in [1.82, 2.24) is 19.9 Å². The molecule has 0 bridgehead atoms. The van der Waals surface area contributed by atoms with Crippen LogP contribution in [0, 0.1) is 11.7 Å². The topological polar surface area (TPSA) is 101 Å².